The number of hydrogen-bond donors (Lipinski definition) is 2. The fourth-order valence-electron chi connectivity index (χ4n) is 3.79. The van der Waals surface area contributed by atoms with Crippen LogP contribution in [0.2, 0.25) is 10.0 Å². The number of benzene rings is 2. The zero-order chi connectivity index (χ0) is 26.2. The molecular formula is C26H30Cl4N4O4. The average Bonchev–Trinajstić information content (AvgIpc) is 2.85. The minimum Gasteiger partial charge on any atom is -1.00 e. The Morgan fingerprint density at radius 2 is 1.53 bits per heavy atom. The van der Waals surface area contributed by atoms with Gasteiger partial charge in [-0.1, -0.05) is 47.5 Å². The Morgan fingerprint density at radius 3 is 2.05 bits per heavy atom. The second kappa shape index (κ2) is 15.8. The van der Waals surface area contributed by atoms with Crippen molar-refractivity contribution in [2.24, 2.45) is 0 Å². The van der Waals surface area contributed by atoms with Gasteiger partial charge in [0.05, 0.1) is 24.3 Å². The molecule has 1 heterocycles. The van der Waals surface area contributed by atoms with Crippen LogP contribution in [-0.2, 0) is 16.1 Å². The lowest BCUT2D eigenvalue weighted by atomic mass is 9.94. The summed E-state index contributed by atoms with van der Waals surface area (Å²) in [5, 5.41) is 5.64. The Labute approximate surface area is 243 Å². The van der Waals surface area contributed by atoms with Crippen LogP contribution in [0.1, 0.15) is 36.5 Å². The van der Waals surface area contributed by atoms with Gasteiger partial charge in [-0.3, -0.25) is 9.59 Å². The van der Waals surface area contributed by atoms with E-state index in [1.807, 2.05) is 0 Å². The number of hydrogen-bond acceptors (Lipinski definition) is 5. The summed E-state index contributed by atoms with van der Waals surface area (Å²) in [7, 11) is 0. The van der Waals surface area contributed by atoms with Crippen LogP contribution in [-0.4, -0.2) is 40.7 Å². The first-order valence-electron chi connectivity index (χ1n) is 11.7. The minimum atomic E-state index is -0.567. The summed E-state index contributed by atoms with van der Waals surface area (Å²) >= 11 is 12.1. The summed E-state index contributed by atoms with van der Waals surface area (Å²) in [5.74, 6) is -0.842. The Kier molecular flexibility index (Phi) is 14.0. The molecular weight excluding hydrogens is 574 g/mol. The third kappa shape index (κ3) is 8.53. The van der Waals surface area contributed by atoms with Crippen LogP contribution in [0.3, 0.4) is 0 Å². The molecule has 0 aliphatic rings. The maximum absolute atomic E-state index is 13.4. The Balaban J connectivity index is 0.00000361. The second-order valence-electron chi connectivity index (χ2n) is 8.41. The largest absolute Gasteiger partial charge is 1.00 e. The van der Waals surface area contributed by atoms with E-state index < -0.39 is 23.4 Å². The number of ketones is 1. The van der Waals surface area contributed by atoms with Crippen molar-refractivity contribution >= 4 is 35.0 Å². The van der Waals surface area contributed by atoms with Gasteiger partial charge in [0.1, 0.15) is 6.61 Å². The van der Waals surface area contributed by atoms with Gasteiger partial charge in [-0.05, 0) is 49.6 Å². The van der Waals surface area contributed by atoms with Gasteiger partial charge in [0.15, 0.2) is 11.8 Å². The van der Waals surface area contributed by atoms with Crippen LogP contribution < -0.4 is 41.8 Å². The van der Waals surface area contributed by atoms with Gasteiger partial charge in [-0.2, -0.15) is 5.10 Å². The molecule has 2 aromatic carbocycles. The van der Waals surface area contributed by atoms with Gasteiger partial charge < -0.3 is 41.0 Å². The number of halogens is 4. The molecule has 206 valence electrons. The lowest BCUT2D eigenvalue weighted by Gasteiger charge is -2.17. The quantitative estimate of drug-likeness (QED) is 0.134. The molecule has 0 amide bonds. The Hall–Kier alpha value is -2.46. The molecule has 0 bridgehead atoms. The van der Waals surface area contributed by atoms with Gasteiger partial charge in [-0.15, -0.1) is 0 Å². The van der Waals surface area contributed by atoms with Crippen LogP contribution in [0.15, 0.2) is 53.3 Å². The van der Waals surface area contributed by atoms with Crippen LogP contribution in [0.4, 0.5) is 0 Å². The van der Waals surface area contributed by atoms with Gasteiger partial charge >= 0.3 is 5.97 Å². The third-order valence-corrected chi connectivity index (χ3v) is 6.20. The van der Waals surface area contributed by atoms with E-state index in [1.54, 1.807) is 48.5 Å². The molecule has 0 aliphatic carbocycles. The number of carbonyl (C=O) groups excluding carboxylic acids is 2. The van der Waals surface area contributed by atoms with E-state index in [2.05, 4.69) is 16.6 Å². The topological polar surface area (TPSA) is 134 Å². The van der Waals surface area contributed by atoms with Crippen LogP contribution in [0.25, 0.3) is 22.4 Å². The van der Waals surface area contributed by atoms with Crippen molar-refractivity contribution in [3.8, 4) is 22.4 Å². The number of quaternary nitrogens is 2. The number of carbonyl (C=O) groups is 2. The van der Waals surface area contributed by atoms with E-state index in [9.17, 15) is 14.4 Å². The highest BCUT2D eigenvalue weighted by atomic mass is 35.5. The smallest absolute Gasteiger partial charge is 0.364 e. The van der Waals surface area contributed by atoms with Crippen LogP contribution in [0.5, 0.6) is 0 Å². The molecule has 3 aromatic rings. The number of ether oxygens (including phenoxy) is 1. The molecule has 6 N–H and O–H groups in total. The summed E-state index contributed by atoms with van der Waals surface area (Å²) in [5.41, 5.74) is 9.19. The van der Waals surface area contributed by atoms with Crippen molar-refractivity contribution < 1.29 is 50.6 Å². The highest BCUT2D eigenvalue weighted by molar-refractivity contribution is 6.31. The molecule has 0 radical (unpaired) electrons. The van der Waals surface area contributed by atoms with Gasteiger partial charge in [0.2, 0.25) is 0 Å². The Bertz CT molecular complexity index is 1280. The van der Waals surface area contributed by atoms with Crippen molar-refractivity contribution in [3.05, 3.63) is 74.5 Å². The predicted octanol–water partition coefficient (Wildman–Crippen LogP) is -3.34. The van der Waals surface area contributed by atoms with Crippen LogP contribution in [0, 0.1) is 0 Å². The van der Waals surface area contributed by atoms with Crippen molar-refractivity contribution in [1.82, 2.24) is 9.78 Å². The second-order valence-corrected chi connectivity index (χ2v) is 9.28. The zero-order valence-corrected chi connectivity index (χ0v) is 23.9. The normalized spacial score (nSPS) is 11.2. The maximum Gasteiger partial charge on any atom is 0.364 e. The molecule has 1 atom stereocenters. The van der Waals surface area contributed by atoms with E-state index in [0.717, 1.165) is 24.1 Å². The van der Waals surface area contributed by atoms with Crippen molar-refractivity contribution in [2.75, 3.05) is 13.2 Å². The number of aromatic nitrogens is 2. The first kappa shape index (κ1) is 33.6. The summed E-state index contributed by atoms with van der Waals surface area (Å²) in [6.07, 6.45) is 2.36. The molecule has 0 saturated carbocycles. The number of unbranched alkanes of at least 4 members (excludes halogenated alkanes) is 1. The first-order valence-corrected chi connectivity index (χ1v) is 12.5. The fourth-order valence-corrected chi connectivity index (χ4v) is 4.04. The van der Waals surface area contributed by atoms with E-state index >= 15 is 0 Å². The molecule has 3 rings (SSSR count). The Morgan fingerprint density at radius 1 is 0.974 bits per heavy atom. The number of Topliss-reactive ketones (excluding diaryl/α,β-unsaturated/α-hetero) is 1. The highest BCUT2D eigenvalue weighted by Crippen LogP contribution is 2.33. The lowest BCUT2D eigenvalue weighted by Crippen LogP contribution is -3.00. The summed E-state index contributed by atoms with van der Waals surface area (Å²) in [4.78, 5) is 38.4. The summed E-state index contributed by atoms with van der Waals surface area (Å²) in [6, 6.07) is 13.3. The molecule has 0 saturated heterocycles. The molecule has 1 unspecified atom stereocenters. The van der Waals surface area contributed by atoms with Crippen molar-refractivity contribution in [1.29, 1.82) is 0 Å². The molecule has 0 aliphatic heterocycles. The SMILES string of the molecule is CC(=O)c1c(-c2ccc(Cl)cc2)c(-c2ccc(Cl)cc2)nn(CCOC(=O)C([NH3+])CCCC[NH3+])c1=O.[Cl-].[Cl-]. The van der Waals surface area contributed by atoms with E-state index in [4.69, 9.17) is 27.9 Å². The highest BCUT2D eigenvalue weighted by Gasteiger charge is 2.24. The average molecular weight is 604 g/mol. The van der Waals surface area contributed by atoms with E-state index in [1.165, 1.54) is 6.92 Å². The monoisotopic (exact) mass is 602 g/mol. The predicted molar refractivity (Wildman–Crippen MR) is 139 cm³/mol. The maximum atomic E-state index is 13.4. The van der Waals surface area contributed by atoms with Crippen molar-refractivity contribution in [2.45, 2.75) is 38.8 Å². The molecule has 8 nitrogen and oxygen atoms in total. The van der Waals surface area contributed by atoms with E-state index in [-0.39, 0.29) is 43.5 Å². The van der Waals surface area contributed by atoms with Crippen LogP contribution >= 0.6 is 23.2 Å². The molecule has 38 heavy (non-hydrogen) atoms. The van der Waals surface area contributed by atoms with Crippen molar-refractivity contribution in [3.63, 3.8) is 0 Å². The standard InChI is InChI=1S/C26H28Cl2N4O4.2ClH/c1-16(33)22-23(17-5-9-19(27)10-6-17)24(18-7-11-20(28)12-8-18)31-32(25(22)34)14-15-36-26(35)21(30)4-2-3-13-29;;/h5-12,21H,2-4,13-15,29-30H2,1H3;2*1H. The summed E-state index contributed by atoms with van der Waals surface area (Å²) in [6.45, 7) is 2.05. The first-order chi connectivity index (χ1) is 17.2. The number of nitrogens with zero attached hydrogens (tertiary/aromatic N) is 2. The number of rotatable bonds is 11. The third-order valence-electron chi connectivity index (χ3n) is 5.69. The zero-order valence-electron chi connectivity index (χ0n) is 20.9. The molecule has 12 heteroatoms. The summed E-state index contributed by atoms with van der Waals surface area (Å²) < 4.78 is 6.51. The lowest BCUT2D eigenvalue weighted by molar-refractivity contribution is -0.410. The van der Waals surface area contributed by atoms with Gasteiger partial charge in [0.25, 0.3) is 5.56 Å². The number of esters is 1. The molecule has 1 aromatic heterocycles. The minimum absolute atomic E-state index is 0. The van der Waals surface area contributed by atoms with Gasteiger partial charge in [0, 0.05) is 27.6 Å². The molecule has 0 fully saturated rings. The van der Waals surface area contributed by atoms with Gasteiger partial charge in [-0.25, -0.2) is 9.48 Å². The molecule has 0 spiro atoms. The van der Waals surface area contributed by atoms with E-state index in [0.29, 0.717) is 38.9 Å². The fraction of sp³-hybridized carbons (Fsp3) is 0.308.